The van der Waals surface area contributed by atoms with Gasteiger partial charge in [0.1, 0.15) is 6.33 Å². The molecule has 4 heterocycles. The van der Waals surface area contributed by atoms with Crippen LogP contribution >= 0.6 is 0 Å². The summed E-state index contributed by atoms with van der Waals surface area (Å²) in [6, 6.07) is 0.108. The van der Waals surface area contributed by atoms with Crippen LogP contribution in [0.3, 0.4) is 0 Å². The number of nitrogens with zero attached hydrogens (tertiary/aromatic N) is 5. The Labute approximate surface area is 170 Å². The number of rotatable bonds is 6. The van der Waals surface area contributed by atoms with Crippen molar-refractivity contribution in [3.63, 3.8) is 0 Å². The standard InChI is InChI=1S/C21H29N5O3/c1-5-21(19(28)29-6-2)11-15-7-9-17(21)25(15)18(27)10-8-16-13(3)24-20-22-12-23-26(20)14(16)4/h12,15,17H,5-11H2,1-4H3/t15-,17+,21+/m1/s1. The molecule has 0 saturated carbocycles. The lowest BCUT2D eigenvalue weighted by molar-refractivity contribution is -0.158. The number of ether oxygens (including phenoxy) is 1. The Balaban J connectivity index is 1.52. The zero-order valence-corrected chi connectivity index (χ0v) is 17.6. The maximum absolute atomic E-state index is 13.2. The van der Waals surface area contributed by atoms with Crippen molar-refractivity contribution in [1.82, 2.24) is 24.5 Å². The topological polar surface area (TPSA) is 89.7 Å². The summed E-state index contributed by atoms with van der Waals surface area (Å²) in [5.74, 6) is 0.560. The highest BCUT2D eigenvalue weighted by Gasteiger charge is 2.60. The van der Waals surface area contributed by atoms with Crippen molar-refractivity contribution in [1.29, 1.82) is 0 Å². The molecule has 2 aromatic rings. The molecule has 0 spiro atoms. The summed E-state index contributed by atoms with van der Waals surface area (Å²) in [5.41, 5.74) is 2.35. The zero-order valence-electron chi connectivity index (χ0n) is 17.6. The molecule has 2 aromatic heterocycles. The Morgan fingerprint density at radius 2 is 2.07 bits per heavy atom. The molecule has 8 nitrogen and oxygen atoms in total. The largest absolute Gasteiger partial charge is 0.466 e. The van der Waals surface area contributed by atoms with Crippen LogP contribution in [0.5, 0.6) is 0 Å². The van der Waals surface area contributed by atoms with Crippen LogP contribution in [0.25, 0.3) is 5.78 Å². The molecule has 0 radical (unpaired) electrons. The monoisotopic (exact) mass is 399 g/mol. The van der Waals surface area contributed by atoms with E-state index < -0.39 is 5.41 Å². The van der Waals surface area contributed by atoms with E-state index in [2.05, 4.69) is 15.1 Å². The molecule has 1 amide bonds. The average molecular weight is 399 g/mol. The van der Waals surface area contributed by atoms with Gasteiger partial charge in [-0.3, -0.25) is 9.59 Å². The molecular formula is C21H29N5O3. The first-order valence-corrected chi connectivity index (χ1v) is 10.6. The van der Waals surface area contributed by atoms with Crippen LogP contribution in [0.1, 0.15) is 62.9 Å². The van der Waals surface area contributed by atoms with E-state index in [9.17, 15) is 9.59 Å². The second kappa shape index (κ2) is 7.39. The quantitative estimate of drug-likeness (QED) is 0.693. The van der Waals surface area contributed by atoms with Gasteiger partial charge in [0.2, 0.25) is 5.91 Å². The predicted octanol–water partition coefficient (Wildman–Crippen LogP) is 2.40. The van der Waals surface area contributed by atoms with Gasteiger partial charge < -0.3 is 9.64 Å². The average Bonchev–Trinajstić information content (AvgIpc) is 3.41. The molecule has 29 heavy (non-hydrogen) atoms. The third kappa shape index (κ3) is 3.00. The minimum Gasteiger partial charge on any atom is -0.466 e. The Morgan fingerprint density at radius 3 is 2.79 bits per heavy atom. The highest BCUT2D eigenvalue weighted by Crippen LogP contribution is 2.52. The Hall–Kier alpha value is -2.51. The first-order valence-electron chi connectivity index (χ1n) is 10.6. The zero-order chi connectivity index (χ0) is 20.8. The van der Waals surface area contributed by atoms with Crippen molar-refractivity contribution in [2.24, 2.45) is 5.41 Å². The molecule has 156 valence electrons. The van der Waals surface area contributed by atoms with Gasteiger partial charge in [0.05, 0.1) is 12.0 Å². The molecule has 0 aliphatic carbocycles. The van der Waals surface area contributed by atoms with Crippen LogP contribution < -0.4 is 0 Å². The van der Waals surface area contributed by atoms with Crippen molar-refractivity contribution in [3.05, 3.63) is 23.3 Å². The number of carbonyl (C=O) groups excluding carboxylic acids is 2. The molecule has 0 aromatic carbocycles. The van der Waals surface area contributed by atoms with E-state index in [-0.39, 0.29) is 24.0 Å². The molecule has 4 rings (SSSR count). The smallest absolute Gasteiger partial charge is 0.314 e. The van der Waals surface area contributed by atoms with E-state index in [0.29, 0.717) is 31.6 Å². The molecule has 2 aliphatic heterocycles. The molecule has 2 saturated heterocycles. The molecule has 0 unspecified atom stereocenters. The molecule has 8 heteroatoms. The second-order valence-corrected chi connectivity index (χ2v) is 8.22. The van der Waals surface area contributed by atoms with E-state index in [4.69, 9.17) is 4.74 Å². The maximum atomic E-state index is 13.2. The molecular weight excluding hydrogens is 370 g/mol. The van der Waals surface area contributed by atoms with Crippen LogP contribution in [0.4, 0.5) is 0 Å². The van der Waals surface area contributed by atoms with E-state index in [1.807, 2.05) is 32.6 Å². The van der Waals surface area contributed by atoms with Gasteiger partial charge in [0, 0.05) is 29.9 Å². The van der Waals surface area contributed by atoms with E-state index >= 15 is 0 Å². The molecule has 0 N–H and O–H groups in total. The minimum atomic E-state index is -0.540. The number of fused-ring (bicyclic) bond motifs is 3. The summed E-state index contributed by atoms with van der Waals surface area (Å²) in [6.45, 7) is 8.18. The Morgan fingerprint density at radius 1 is 1.28 bits per heavy atom. The van der Waals surface area contributed by atoms with Crippen LogP contribution in [-0.4, -0.2) is 55.0 Å². The van der Waals surface area contributed by atoms with Gasteiger partial charge in [0.25, 0.3) is 5.78 Å². The fraction of sp³-hybridized carbons (Fsp3) is 0.667. The van der Waals surface area contributed by atoms with E-state index in [1.54, 1.807) is 4.52 Å². The van der Waals surface area contributed by atoms with Crippen molar-refractivity contribution >= 4 is 17.7 Å². The second-order valence-electron chi connectivity index (χ2n) is 8.22. The SMILES string of the molecule is CCOC(=O)[C@@]1(CC)C[C@H]2CC[C@@H]1N2C(=O)CCc1c(C)nc2ncnn2c1C. The summed E-state index contributed by atoms with van der Waals surface area (Å²) in [7, 11) is 0. The lowest BCUT2D eigenvalue weighted by Gasteiger charge is -2.34. The van der Waals surface area contributed by atoms with E-state index in [1.165, 1.54) is 6.33 Å². The number of esters is 1. The van der Waals surface area contributed by atoms with Crippen LogP contribution in [0, 0.1) is 19.3 Å². The number of aryl methyl sites for hydroxylation is 2. The maximum Gasteiger partial charge on any atom is 0.314 e. The summed E-state index contributed by atoms with van der Waals surface area (Å²) in [6.07, 6.45) is 5.79. The molecule has 3 atom stereocenters. The van der Waals surface area contributed by atoms with Crippen molar-refractivity contribution in [2.75, 3.05) is 6.61 Å². The van der Waals surface area contributed by atoms with E-state index in [0.717, 1.165) is 36.2 Å². The predicted molar refractivity (Wildman–Crippen MR) is 106 cm³/mol. The van der Waals surface area contributed by atoms with Crippen molar-refractivity contribution < 1.29 is 14.3 Å². The lowest BCUT2D eigenvalue weighted by Crippen LogP contribution is -2.45. The first-order chi connectivity index (χ1) is 13.9. The minimum absolute atomic E-state index is 0.0397. The number of hydrogen-bond donors (Lipinski definition) is 0. The number of aromatic nitrogens is 4. The van der Waals surface area contributed by atoms with Crippen LogP contribution in [-0.2, 0) is 20.7 Å². The van der Waals surface area contributed by atoms with Gasteiger partial charge in [-0.05, 0) is 58.4 Å². The lowest BCUT2D eigenvalue weighted by atomic mass is 9.72. The summed E-state index contributed by atoms with van der Waals surface area (Å²) >= 11 is 0. The summed E-state index contributed by atoms with van der Waals surface area (Å²) in [4.78, 5) is 36.6. The van der Waals surface area contributed by atoms with Gasteiger partial charge in [-0.25, -0.2) is 9.50 Å². The fourth-order valence-corrected chi connectivity index (χ4v) is 5.46. The summed E-state index contributed by atoms with van der Waals surface area (Å²) < 4.78 is 7.11. The van der Waals surface area contributed by atoms with Gasteiger partial charge >= 0.3 is 5.97 Å². The number of amides is 1. The Bertz CT molecular complexity index is 955. The highest BCUT2D eigenvalue weighted by atomic mass is 16.5. The normalized spacial score (nSPS) is 25.7. The number of hydrogen-bond acceptors (Lipinski definition) is 6. The molecule has 2 fully saturated rings. The van der Waals surface area contributed by atoms with Gasteiger partial charge in [-0.15, -0.1) is 0 Å². The van der Waals surface area contributed by atoms with Gasteiger partial charge in [-0.1, -0.05) is 6.92 Å². The first kappa shape index (κ1) is 19.8. The van der Waals surface area contributed by atoms with Gasteiger partial charge in [-0.2, -0.15) is 10.1 Å². The van der Waals surface area contributed by atoms with Crippen LogP contribution in [0.2, 0.25) is 0 Å². The number of carbonyl (C=O) groups is 2. The molecule has 2 bridgehead atoms. The van der Waals surface area contributed by atoms with Crippen LogP contribution in [0.15, 0.2) is 6.33 Å². The van der Waals surface area contributed by atoms with Gasteiger partial charge in [0.15, 0.2) is 0 Å². The highest BCUT2D eigenvalue weighted by molar-refractivity contribution is 5.83. The molecule has 2 aliphatic rings. The summed E-state index contributed by atoms with van der Waals surface area (Å²) in [5, 5.41) is 4.22. The Kier molecular flexibility index (Phi) is 5.04. The van der Waals surface area contributed by atoms with Crippen molar-refractivity contribution in [3.8, 4) is 0 Å². The van der Waals surface area contributed by atoms with Crippen molar-refractivity contribution in [2.45, 2.75) is 78.3 Å². The fourth-order valence-electron chi connectivity index (χ4n) is 5.46. The third-order valence-electron chi connectivity index (χ3n) is 6.92. The third-order valence-corrected chi connectivity index (χ3v) is 6.92.